The Bertz CT molecular complexity index is 140. The summed E-state index contributed by atoms with van der Waals surface area (Å²) in [6.45, 7) is 7.56. The first-order valence-electron chi connectivity index (χ1n) is 5.17. The Labute approximate surface area is 87.1 Å². The molecule has 0 saturated heterocycles. The van der Waals surface area contributed by atoms with Gasteiger partial charge in [-0.1, -0.05) is 0 Å². The van der Waals surface area contributed by atoms with Gasteiger partial charge in [0.1, 0.15) is 0 Å². The highest BCUT2D eigenvalue weighted by molar-refractivity contribution is 4.83. The van der Waals surface area contributed by atoms with Crippen molar-refractivity contribution in [1.29, 1.82) is 0 Å². The third-order valence-electron chi connectivity index (χ3n) is 2.40. The lowest BCUT2D eigenvalue weighted by atomic mass is 9.95. The summed E-state index contributed by atoms with van der Waals surface area (Å²) >= 11 is 0. The fourth-order valence-corrected chi connectivity index (χ4v) is 1.54. The smallest absolute Gasteiger partial charge is 0.0792 e. The Hall–Kier alpha value is -0.160. The maximum absolute atomic E-state index is 5.63. The van der Waals surface area contributed by atoms with Crippen LogP contribution in [0.4, 0.5) is 0 Å². The zero-order valence-corrected chi connectivity index (χ0v) is 9.80. The molecule has 3 N–H and O–H groups in total. The number of hydrogen-bond donors (Lipinski definition) is 2. The molecule has 0 bridgehead atoms. The second-order valence-electron chi connectivity index (χ2n) is 3.89. The predicted octanol–water partition coefficient (Wildman–Crippen LogP) is 1.06. The molecule has 0 fully saturated rings. The molecule has 14 heavy (non-hydrogen) atoms. The van der Waals surface area contributed by atoms with Gasteiger partial charge < -0.3 is 9.47 Å². The van der Waals surface area contributed by atoms with Gasteiger partial charge in [0.15, 0.2) is 0 Å². The first-order valence-corrected chi connectivity index (χ1v) is 5.17. The highest BCUT2D eigenvalue weighted by Crippen LogP contribution is 2.18. The van der Waals surface area contributed by atoms with Crippen LogP contribution >= 0.6 is 0 Å². The molecule has 0 aliphatic heterocycles. The molecule has 0 aromatic rings. The number of rotatable bonds is 8. The van der Waals surface area contributed by atoms with Gasteiger partial charge in [0.05, 0.1) is 5.60 Å². The molecule has 0 aliphatic carbocycles. The van der Waals surface area contributed by atoms with Gasteiger partial charge in [-0.2, -0.15) is 0 Å². The fourth-order valence-electron chi connectivity index (χ4n) is 1.54. The molecule has 0 aromatic carbocycles. The summed E-state index contributed by atoms with van der Waals surface area (Å²) in [4.78, 5) is 0. The SMILES string of the molecule is CCOC(C)(C)C(CCCOC)NN. The highest BCUT2D eigenvalue weighted by Gasteiger charge is 2.28. The Morgan fingerprint density at radius 2 is 2.07 bits per heavy atom. The van der Waals surface area contributed by atoms with Crippen molar-refractivity contribution in [1.82, 2.24) is 5.43 Å². The minimum Gasteiger partial charge on any atom is -0.385 e. The Morgan fingerprint density at radius 3 is 2.50 bits per heavy atom. The molecule has 0 aromatic heterocycles. The topological polar surface area (TPSA) is 56.5 Å². The van der Waals surface area contributed by atoms with Crippen LogP contribution in [0.15, 0.2) is 0 Å². The van der Waals surface area contributed by atoms with Gasteiger partial charge in [0.25, 0.3) is 0 Å². The number of hydrazine groups is 1. The largest absolute Gasteiger partial charge is 0.385 e. The van der Waals surface area contributed by atoms with Crippen LogP contribution in [-0.4, -0.2) is 32.0 Å². The summed E-state index contributed by atoms with van der Waals surface area (Å²) < 4.78 is 10.6. The molecule has 1 atom stereocenters. The molecule has 0 radical (unpaired) electrons. The van der Waals surface area contributed by atoms with Crippen LogP contribution in [0, 0.1) is 0 Å². The molecule has 4 nitrogen and oxygen atoms in total. The summed E-state index contributed by atoms with van der Waals surface area (Å²) in [7, 11) is 1.71. The number of hydrogen-bond acceptors (Lipinski definition) is 4. The molecule has 1 unspecified atom stereocenters. The first-order chi connectivity index (χ1) is 6.58. The van der Waals surface area contributed by atoms with Crippen LogP contribution in [0.2, 0.25) is 0 Å². The van der Waals surface area contributed by atoms with Gasteiger partial charge in [-0.15, -0.1) is 0 Å². The lowest BCUT2D eigenvalue weighted by Crippen LogP contribution is -2.51. The van der Waals surface area contributed by atoms with Gasteiger partial charge in [0, 0.05) is 26.4 Å². The van der Waals surface area contributed by atoms with Crippen molar-refractivity contribution >= 4 is 0 Å². The second-order valence-corrected chi connectivity index (χ2v) is 3.89. The van der Waals surface area contributed by atoms with E-state index in [0.717, 1.165) is 19.4 Å². The minimum absolute atomic E-state index is 0.164. The molecule has 0 rings (SSSR count). The van der Waals surface area contributed by atoms with E-state index in [4.69, 9.17) is 15.3 Å². The van der Waals surface area contributed by atoms with Crippen molar-refractivity contribution in [2.75, 3.05) is 20.3 Å². The molecule has 4 heteroatoms. The monoisotopic (exact) mass is 204 g/mol. The van der Waals surface area contributed by atoms with E-state index in [2.05, 4.69) is 5.43 Å². The molecular weight excluding hydrogens is 180 g/mol. The lowest BCUT2D eigenvalue weighted by molar-refractivity contribution is -0.0415. The van der Waals surface area contributed by atoms with Crippen molar-refractivity contribution in [3.63, 3.8) is 0 Å². The molecule has 0 heterocycles. The van der Waals surface area contributed by atoms with Crippen molar-refractivity contribution < 1.29 is 9.47 Å². The van der Waals surface area contributed by atoms with Crippen LogP contribution in [0.3, 0.4) is 0 Å². The van der Waals surface area contributed by atoms with Crippen LogP contribution in [0.1, 0.15) is 33.6 Å². The first kappa shape index (κ1) is 13.8. The summed E-state index contributed by atoms with van der Waals surface area (Å²) in [5, 5.41) is 0. The Morgan fingerprint density at radius 1 is 1.43 bits per heavy atom. The maximum Gasteiger partial charge on any atom is 0.0792 e. The van der Waals surface area contributed by atoms with Gasteiger partial charge in [-0.25, -0.2) is 0 Å². The van der Waals surface area contributed by atoms with Gasteiger partial charge in [-0.05, 0) is 33.6 Å². The zero-order valence-electron chi connectivity index (χ0n) is 9.80. The summed E-state index contributed by atoms with van der Waals surface area (Å²) in [6, 6.07) is 0.164. The van der Waals surface area contributed by atoms with Gasteiger partial charge in [0.2, 0.25) is 0 Å². The number of methoxy groups -OCH3 is 1. The predicted molar refractivity (Wildman–Crippen MR) is 57.9 cm³/mol. The van der Waals surface area contributed by atoms with Crippen LogP contribution < -0.4 is 11.3 Å². The number of ether oxygens (including phenoxy) is 2. The van der Waals surface area contributed by atoms with E-state index >= 15 is 0 Å². The molecule has 0 amide bonds. The van der Waals surface area contributed by atoms with E-state index in [-0.39, 0.29) is 11.6 Å². The van der Waals surface area contributed by atoms with E-state index in [1.165, 1.54) is 0 Å². The molecular formula is C10H24N2O2. The second kappa shape index (κ2) is 7.17. The van der Waals surface area contributed by atoms with E-state index in [1.807, 2.05) is 20.8 Å². The number of nitrogens with two attached hydrogens (primary N) is 1. The van der Waals surface area contributed by atoms with Gasteiger partial charge >= 0.3 is 0 Å². The van der Waals surface area contributed by atoms with Crippen molar-refractivity contribution in [2.45, 2.75) is 45.3 Å². The Kier molecular flexibility index (Phi) is 7.09. The third-order valence-corrected chi connectivity index (χ3v) is 2.40. The highest BCUT2D eigenvalue weighted by atomic mass is 16.5. The minimum atomic E-state index is -0.225. The Balaban J connectivity index is 3.96. The molecule has 0 spiro atoms. The van der Waals surface area contributed by atoms with Crippen LogP contribution in [-0.2, 0) is 9.47 Å². The molecule has 86 valence electrons. The molecule has 0 saturated carbocycles. The van der Waals surface area contributed by atoms with E-state index < -0.39 is 0 Å². The summed E-state index contributed by atoms with van der Waals surface area (Å²) in [5.41, 5.74) is 2.58. The third kappa shape index (κ3) is 4.91. The van der Waals surface area contributed by atoms with Crippen molar-refractivity contribution in [3.05, 3.63) is 0 Å². The van der Waals surface area contributed by atoms with Crippen molar-refractivity contribution in [3.8, 4) is 0 Å². The maximum atomic E-state index is 5.63. The average Bonchev–Trinajstić information content (AvgIpc) is 2.12. The lowest BCUT2D eigenvalue weighted by Gasteiger charge is -2.33. The quantitative estimate of drug-likeness (QED) is 0.353. The van der Waals surface area contributed by atoms with Crippen LogP contribution in [0.25, 0.3) is 0 Å². The van der Waals surface area contributed by atoms with E-state index in [1.54, 1.807) is 7.11 Å². The average molecular weight is 204 g/mol. The van der Waals surface area contributed by atoms with Gasteiger partial charge in [-0.3, -0.25) is 11.3 Å². The normalized spacial score (nSPS) is 14.4. The number of nitrogens with one attached hydrogen (secondary N) is 1. The van der Waals surface area contributed by atoms with E-state index in [9.17, 15) is 0 Å². The van der Waals surface area contributed by atoms with Crippen molar-refractivity contribution in [2.24, 2.45) is 5.84 Å². The zero-order chi connectivity index (χ0) is 11.0. The fraction of sp³-hybridized carbons (Fsp3) is 1.00. The summed E-state index contributed by atoms with van der Waals surface area (Å²) in [5.74, 6) is 5.50. The summed E-state index contributed by atoms with van der Waals surface area (Å²) in [6.07, 6.45) is 1.94. The van der Waals surface area contributed by atoms with Crippen LogP contribution in [0.5, 0.6) is 0 Å². The standard InChI is InChI=1S/C10H24N2O2/c1-5-14-10(2,3)9(12-11)7-6-8-13-4/h9,12H,5-8,11H2,1-4H3. The molecule has 0 aliphatic rings. The van der Waals surface area contributed by atoms with E-state index in [0.29, 0.717) is 6.61 Å².